The first-order valence-electron chi connectivity index (χ1n) is 12.1. The molecule has 36 heavy (non-hydrogen) atoms. The zero-order valence-corrected chi connectivity index (χ0v) is 22.0. The zero-order chi connectivity index (χ0) is 25.9. The van der Waals surface area contributed by atoms with Crippen LogP contribution in [0.5, 0.6) is 5.75 Å². The Hall–Kier alpha value is -2.63. The minimum Gasteiger partial charge on any atom is -0.483 e. The molecule has 0 bridgehead atoms. The summed E-state index contributed by atoms with van der Waals surface area (Å²) in [5.74, 6) is -0.182. The standard InChI is InChI=1S/C24H31ClN4O6S/c1-3-34-24(31)17-7-9-20(10-8-17)35-22-21(27-11-13-28(14-12-27)36(2,32)33)16-26-29(23(22)30)19-6-4-5-18(25)15-19/h4-6,15-17,20H,3,7-14H2,1-2H3. The number of piperazine rings is 1. The van der Waals surface area contributed by atoms with Crippen molar-refractivity contribution in [1.29, 1.82) is 0 Å². The van der Waals surface area contributed by atoms with E-state index in [1.807, 2.05) is 4.90 Å². The molecular formula is C24H31ClN4O6S. The van der Waals surface area contributed by atoms with Crippen LogP contribution in [0.1, 0.15) is 32.6 Å². The zero-order valence-electron chi connectivity index (χ0n) is 20.4. The van der Waals surface area contributed by atoms with Gasteiger partial charge in [-0.15, -0.1) is 0 Å². The third-order valence-corrected chi connectivity index (χ3v) is 8.13. The number of ether oxygens (including phenoxy) is 2. The van der Waals surface area contributed by atoms with Crippen molar-refractivity contribution in [3.05, 3.63) is 45.8 Å². The second-order valence-corrected chi connectivity index (χ2v) is 11.5. The summed E-state index contributed by atoms with van der Waals surface area (Å²) in [7, 11) is -3.29. The topological polar surface area (TPSA) is 111 Å². The molecule has 196 valence electrons. The van der Waals surface area contributed by atoms with Crippen LogP contribution in [0.4, 0.5) is 5.69 Å². The highest BCUT2D eigenvalue weighted by atomic mass is 35.5. The van der Waals surface area contributed by atoms with Gasteiger partial charge in [-0.1, -0.05) is 17.7 Å². The number of carbonyl (C=O) groups excluding carboxylic acids is 1. The molecule has 0 amide bonds. The van der Waals surface area contributed by atoms with Crippen LogP contribution in [-0.4, -0.2) is 73.6 Å². The first-order chi connectivity index (χ1) is 17.2. The third-order valence-electron chi connectivity index (χ3n) is 6.59. The molecule has 2 aromatic rings. The predicted molar refractivity (Wildman–Crippen MR) is 136 cm³/mol. The number of anilines is 1. The van der Waals surface area contributed by atoms with Gasteiger partial charge in [-0.3, -0.25) is 9.59 Å². The molecule has 2 heterocycles. The fourth-order valence-electron chi connectivity index (χ4n) is 4.66. The molecule has 0 unspecified atom stereocenters. The van der Waals surface area contributed by atoms with Gasteiger partial charge in [0.05, 0.1) is 36.8 Å². The third kappa shape index (κ3) is 6.01. The van der Waals surface area contributed by atoms with Gasteiger partial charge in [0.25, 0.3) is 0 Å². The van der Waals surface area contributed by atoms with Crippen molar-refractivity contribution in [3.63, 3.8) is 0 Å². The molecule has 1 aliphatic carbocycles. The van der Waals surface area contributed by atoms with Crippen LogP contribution in [0.25, 0.3) is 5.69 Å². The average molecular weight is 539 g/mol. The smallest absolute Gasteiger partial charge is 0.316 e. The summed E-state index contributed by atoms with van der Waals surface area (Å²) >= 11 is 6.13. The van der Waals surface area contributed by atoms with Crippen molar-refractivity contribution in [2.45, 2.75) is 38.7 Å². The molecule has 1 saturated carbocycles. The molecule has 0 atom stereocenters. The molecule has 4 rings (SSSR count). The molecule has 1 aliphatic heterocycles. The maximum absolute atomic E-state index is 13.6. The normalized spacial score (nSPS) is 21.2. The first-order valence-corrected chi connectivity index (χ1v) is 14.3. The van der Waals surface area contributed by atoms with E-state index < -0.39 is 15.6 Å². The SMILES string of the molecule is CCOC(=O)C1CCC(Oc2c(N3CCN(S(C)(=O)=O)CC3)cnn(-c3cccc(Cl)c3)c2=O)CC1. The molecule has 0 spiro atoms. The molecule has 12 heteroatoms. The van der Waals surface area contributed by atoms with E-state index in [2.05, 4.69) is 5.10 Å². The van der Waals surface area contributed by atoms with Crippen LogP contribution in [0.15, 0.2) is 35.3 Å². The first kappa shape index (κ1) is 26.4. The number of benzene rings is 1. The fraction of sp³-hybridized carbons (Fsp3) is 0.542. The lowest BCUT2D eigenvalue weighted by Gasteiger charge is -2.36. The summed E-state index contributed by atoms with van der Waals surface area (Å²) in [6, 6.07) is 6.83. The lowest BCUT2D eigenvalue weighted by molar-refractivity contribution is -0.149. The number of carbonyl (C=O) groups is 1. The van der Waals surface area contributed by atoms with Crippen molar-refractivity contribution >= 4 is 33.3 Å². The van der Waals surface area contributed by atoms with Gasteiger partial charge in [-0.05, 0) is 50.8 Å². The van der Waals surface area contributed by atoms with E-state index in [4.69, 9.17) is 21.1 Å². The summed E-state index contributed by atoms with van der Waals surface area (Å²) in [5, 5.41) is 4.85. The summed E-state index contributed by atoms with van der Waals surface area (Å²) in [5.41, 5.74) is 0.614. The Morgan fingerprint density at radius 2 is 1.83 bits per heavy atom. The molecule has 0 radical (unpaired) electrons. The highest BCUT2D eigenvalue weighted by Gasteiger charge is 2.31. The molecule has 1 aromatic carbocycles. The molecule has 0 N–H and O–H groups in total. The molecule has 10 nitrogen and oxygen atoms in total. The van der Waals surface area contributed by atoms with E-state index in [-0.39, 0.29) is 23.7 Å². The average Bonchev–Trinajstić information content (AvgIpc) is 2.85. The van der Waals surface area contributed by atoms with Crippen LogP contribution < -0.4 is 15.2 Å². The van der Waals surface area contributed by atoms with Crippen molar-refractivity contribution in [2.75, 3.05) is 43.9 Å². The molecule has 2 fully saturated rings. The molecule has 1 aromatic heterocycles. The lowest BCUT2D eigenvalue weighted by Crippen LogP contribution is -2.49. The van der Waals surface area contributed by atoms with Crippen molar-refractivity contribution < 1.29 is 22.7 Å². The lowest BCUT2D eigenvalue weighted by atomic mass is 9.87. The number of hydrogen-bond donors (Lipinski definition) is 0. The predicted octanol–water partition coefficient (Wildman–Crippen LogP) is 2.47. The minimum absolute atomic E-state index is 0.158. The van der Waals surface area contributed by atoms with Crippen molar-refractivity contribution in [3.8, 4) is 11.4 Å². The van der Waals surface area contributed by atoms with Crippen LogP contribution in [0, 0.1) is 5.92 Å². The van der Waals surface area contributed by atoms with Gasteiger partial charge < -0.3 is 14.4 Å². The number of nitrogens with zero attached hydrogens (tertiary/aromatic N) is 4. The van der Waals surface area contributed by atoms with Crippen LogP contribution in [0.2, 0.25) is 5.02 Å². The van der Waals surface area contributed by atoms with Crippen LogP contribution in [-0.2, 0) is 19.6 Å². The number of esters is 1. The van der Waals surface area contributed by atoms with Gasteiger partial charge in [0, 0.05) is 31.2 Å². The number of sulfonamides is 1. The summed E-state index contributed by atoms with van der Waals surface area (Å²) in [6.07, 6.45) is 5.01. The van der Waals surface area contributed by atoms with Gasteiger partial charge in [-0.2, -0.15) is 14.1 Å². The number of halogens is 1. The highest BCUT2D eigenvalue weighted by molar-refractivity contribution is 7.88. The van der Waals surface area contributed by atoms with Gasteiger partial charge in [-0.25, -0.2) is 8.42 Å². The Bertz CT molecular complexity index is 1250. The van der Waals surface area contributed by atoms with E-state index in [9.17, 15) is 18.0 Å². The number of aromatic nitrogens is 2. The van der Waals surface area contributed by atoms with Gasteiger partial charge in [0.15, 0.2) is 0 Å². The van der Waals surface area contributed by atoms with E-state index in [1.165, 1.54) is 15.2 Å². The van der Waals surface area contributed by atoms with Gasteiger partial charge in [0.2, 0.25) is 15.8 Å². The number of rotatable bonds is 7. The molecule has 2 aliphatic rings. The van der Waals surface area contributed by atoms with Crippen molar-refractivity contribution in [1.82, 2.24) is 14.1 Å². The quantitative estimate of drug-likeness (QED) is 0.494. The second-order valence-electron chi connectivity index (χ2n) is 9.05. The van der Waals surface area contributed by atoms with E-state index in [0.29, 0.717) is 74.9 Å². The fourth-order valence-corrected chi connectivity index (χ4v) is 5.67. The Morgan fingerprint density at radius 1 is 1.14 bits per heavy atom. The Kier molecular flexibility index (Phi) is 8.21. The van der Waals surface area contributed by atoms with Gasteiger partial charge in [0.1, 0.15) is 5.69 Å². The summed E-state index contributed by atoms with van der Waals surface area (Å²) in [6.45, 7) is 3.56. The maximum Gasteiger partial charge on any atom is 0.316 e. The summed E-state index contributed by atoms with van der Waals surface area (Å²) in [4.78, 5) is 27.7. The van der Waals surface area contributed by atoms with E-state index in [0.717, 1.165) is 0 Å². The molecule has 1 saturated heterocycles. The van der Waals surface area contributed by atoms with Gasteiger partial charge >= 0.3 is 11.5 Å². The Balaban J connectivity index is 1.61. The maximum atomic E-state index is 13.6. The second kappa shape index (κ2) is 11.2. The van der Waals surface area contributed by atoms with Crippen molar-refractivity contribution in [2.24, 2.45) is 5.92 Å². The van der Waals surface area contributed by atoms with Crippen LogP contribution in [0.3, 0.4) is 0 Å². The largest absolute Gasteiger partial charge is 0.483 e. The molecular weight excluding hydrogens is 508 g/mol. The summed E-state index contributed by atoms with van der Waals surface area (Å²) < 4.78 is 38.0. The van der Waals surface area contributed by atoms with E-state index in [1.54, 1.807) is 37.4 Å². The minimum atomic E-state index is -3.29. The van der Waals surface area contributed by atoms with Crippen LogP contribution >= 0.6 is 11.6 Å². The Morgan fingerprint density at radius 3 is 2.44 bits per heavy atom. The number of hydrogen-bond acceptors (Lipinski definition) is 8. The Labute approximate surface area is 215 Å². The monoisotopic (exact) mass is 538 g/mol. The van der Waals surface area contributed by atoms with E-state index >= 15 is 0 Å². The highest BCUT2D eigenvalue weighted by Crippen LogP contribution is 2.32.